The summed E-state index contributed by atoms with van der Waals surface area (Å²) in [7, 11) is -3.10. The van der Waals surface area contributed by atoms with E-state index in [1.54, 1.807) is 37.0 Å². The maximum absolute atomic E-state index is 11.6. The molecular formula is C9H17N3O2S. The zero-order valence-electron chi connectivity index (χ0n) is 9.05. The number of hydrogen-bond donors (Lipinski definition) is 1. The van der Waals surface area contributed by atoms with Gasteiger partial charge >= 0.3 is 0 Å². The molecule has 0 bridgehead atoms. The number of nitrogens with two attached hydrogens (primary N) is 1. The molecule has 0 aliphatic carbocycles. The summed E-state index contributed by atoms with van der Waals surface area (Å²) in [5.74, 6) is 0.0799. The molecule has 0 saturated heterocycles. The Morgan fingerprint density at radius 1 is 1.47 bits per heavy atom. The summed E-state index contributed by atoms with van der Waals surface area (Å²) in [4.78, 5) is 0. The molecule has 0 aromatic carbocycles. The minimum Gasteiger partial charge on any atom is -0.325 e. The third kappa shape index (κ3) is 4.94. The third-order valence-electron chi connectivity index (χ3n) is 1.78. The zero-order valence-corrected chi connectivity index (χ0v) is 9.87. The van der Waals surface area contributed by atoms with Crippen LogP contribution in [0.2, 0.25) is 0 Å². The summed E-state index contributed by atoms with van der Waals surface area (Å²) in [6.45, 7) is 3.79. The van der Waals surface area contributed by atoms with E-state index < -0.39 is 15.4 Å². The van der Waals surface area contributed by atoms with Gasteiger partial charge in [0.15, 0.2) is 9.84 Å². The monoisotopic (exact) mass is 231 g/mol. The van der Waals surface area contributed by atoms with Crippen LogP contribution in [-0.2, 0) is 16.4 Å². The lowest BCUT2D eigenvalue weighted by molar-refractivity contribution is 0.537. The fraction of sp³-hybridized carbons (Fsp3) is 0.667. The smallest absolute Gasteiger partial charge is 0.153 e. The van der Waals surface area contributed by atoms with E-state index in [4.69, 9.17) is 5.73 Å². The molecule has 15 heavy (non-hydrogen) atoms. The van der Waals surface area contributed by atoms with E-state index in [1.807, 2.05) is 0 Å². The first-order valence-corrected chi connectivity index (χ1v) is 6.57. The van der Waals surface area contributed by atoms with Crippen LogP contribution in [0.15, 0.2) is 18.5 Å². The van der Waals surface area contributed by atoms with Gasteiger partial charge in [0.25, 0.3) is 0 Å². The second-order valence-electron chi connectivity index (χ2n) is 4.35. The molecule has 0 amide bonds. The van der Waals surface area contributed by atoms with Crippen LogP contribution in [0.25, 0.3) is 0 Å². The molecule has 0 fully saturated rings. The average molecular weight is 231 g/mol. The van der Waals surface area contributed by atoms with Gasteiger partial charge in [0.1, 0.15) is 0 Å². The van der Waals surface area contributed by atoms with Crippen molar-refractivity contribution in [2.24, 2.45) is 5.73 Å². The molecular weight excluding hydrogens is 214 g/mol. The summed E-state index contributed by atoms with van der Waals surface area (Å²) in [6, 6.07) is 1.76. The standard InChI is InChI=1S/C9H17N3O2S/c1-9(2,10)8-15(13,14)7-6-12-5-3-4-11-12/h3-5H,6-8,10H2,1-2H3. The minimum atomic E-state index is -3.10. The van der Waals surface area contributed by atoms with E-state index in [0.717, 1.165) is 0 Å². The van der Waals surface area contributed by atoms with Gasteiger partial charge in [0.2, 0.25) is 0 Å². The van der Waals surface area contributed by atoms with Crippen LogP contribution < -0.4 is 5.73 Å². The Labute approximate surface area is 90.2 Å². The molecule has 1 aromatic rings. The number of aryl methyl sites for hydroxylation is 1. The zero-order chi connectivity index (χ0) is 11.5. The molecule has 0 unspecified atom stereocenters. The maximum Gasteiger partial charge on any atom is 0.153 e. The van der Waals surface area contributed by atoms with Crippen LogP contribution in [0.3, 0.4) is 0 Å². The lowest BCUT2D eigenvalue weighted by Gasteiger charge is -2.18. The average Bonchev–Trinajstić information content (AvgIpc) is 2.47. The Morgan fingerprint density at radius 2 is 2.13 bits per heavy atom. The Morgan fingerprint density at radius 3 is 2.60 bits per heavy atom. The molecule has 1 aromatic heterocycles. The minimum absolute atomic E-state index is 0.00126. The first kappa shape index (κ1) is 12.2. The van der Waals surface area contributed by atoms with Gasteiger partial charge in [-0.2, -0.15) is 5.10 Å². The van der Waals surface area contributed by atoms with Crippen molar-refractivity contribution in [1.82, 2.24) is 9.78 Å². The first-order valence-electron chi connectivity index (χ1n) is 4.75. The Kier molecular flexibility index (Phi) is 3.51. The molecule has 0 spiro atoms. The van der Waals surface area contributed by atoms with Crippen LogP contribution in [0.1, 0.15) is 13.8 Å². The molecule has 0 atom stereocenters. The Hall–Kier alpha value is -0.880. The molecule has 1 rings (SSSR count). The van der Waals surface area contributed by atoms with Crippen molar-refractivity contribution in [2.75, 3.05) is 11.5 Å². The number of nitrogens with zero attached hydrogens (tertiary/aromatic N) is 2. The lowest BCUT2D eigenvalue weighted by atomic mass is 10.1. The predicted molar refractivity (Wildman–Crippen MR) is 59.1 cm³/mol. The first-order chi connectivity index (χ1) is 6.79. The highest BCUT2D eigenvalue weighted by Gasteiger charge is 2.21. The van der Waals surface area contributed by atoms with Crippen molar-refractivity contribution in [3.8, 4) is 0 Å². The largest absolute Gasteiger partial charge is 0.325 e. The number of hydrogen-bond acceptors (Lipinski definition) is 4. The quantitative estimate of drug-likeness (QED) is 0.776. The predicted octanol–water partition coefficient (Wildman–Crippen LogP) is 0.0352. The van der Waals surface area contributed by atoms with Crippen LogP contribution in [0.4, 0.5) is 0 Å². The van der Waals surface area contributed by atoms with Crippen molar-refractivity contribution < 1.29 is 8.42 Å². The van der Waals surface area contributed by atoms with Crippen LogP contribution >= 0.6 is 0 Å². The number of sulfone groups is 1. The van der Waals surface area contributed by atoms with Crippen LogP contribution in [0.5, 0.6) is 0 Å². The summed E-state index contributed by atoms with van der Waals surface area (Å²) >= 11 is 0. The van der Waals surface area contributed by atoms with E-state index >= 15 is 0 Å². The van der Waals surface area contributed by atoms with Gasteiger partial charge in [-0.05, 0) is 19.9 Å². The fourth-order valence-electron chi connectivity index (χ4n) is 1.30. The van der Waals surface area contributed by atoms with Gasteiger partial charge in [-0.25, -0.2) is 8.42 Å². The van der Waals surface area contributed by atoms with E-state index in [9.17, 15) is 8.42 Å². The van der Waals surface area contributed by atoms with Gasteiger partial charge < -0.3 is 5.73 Å². The molecule has 0 radical (unpaired) electrons. The highest BCUT2D eigenvalue weighted by Crippen LogP contribution is 2.04. The molecule has 1 heterocycles. The van der Waals surface area contributed by atoms with Crippen LogP contribution in [-0.4, -0.2) is 35.2 Å². The number of aromatic nitrogens is 2. The lowest BCUT2D eigenvalue weighted by Crippen LogP contribution is -2.41. The van der Waals surface area contributed by atoms with E-state index in [0.29, 0.717) is 6.54 Å². The van der Waals surface area contributed by atoms with E-state index in [2.05, 4.69) is 5.10 Å². The topological polar surface area (TPSA) is 78.0 Å². The van der Waals surface area contributed by atoms with Gasteiger partial charge in [0.05, 0.1) is 18.1 Å². The molecule has 0 aliphatic heterocycles. The molecule has 0 saturated carbocycles. The van der Waals surface area contributed by atoms with Crippen LogP contribution in [0, 0.1) is 0 Å². The summed E-state index contributed by atoms with van der Waals surface area (Å²) in [5.41, 5.74) is 4.99. The summed E-state index contributed by atoms with van der Waals surface area (Å²) in [5, 5.41) is 3.94. The summed E-state index contributed by atoms with van der Waals surface area (Å²) in [6.07, 6.45) is 3.36. The third-order valence-corrected chi connectivity index (χ3v) is 3.77. The molecule has 0 aliphatic rings. The van der Waals surface area contributed by atoms with Crippen molar-refractivity contribution >= 4 is 9.84 Å². The van der Waals surface area contributed by atoms with Gasteiger partial charge in [0, 0.05) is 17.9 Å². The molecule has 2 N–H and O–H groups in total. The number of rotatable bonds is 5. The van der Waals surface area contributed by atoms with Crippen molar-refractivity contribution in [1.29, 1.82) is 0 Å². The SMILES string of the molecule is CC(C)(N)CS(=O)(=O)CCn1cccn1. The van der Waals surface area contributed by atoms with Gasteiger partial charge in [-0.3, -0.25) is 4.68 Å². The van der Waals surface area contributed by atoms with E-state index in [1.165, 1.54) is 0 Å². The molecule has 5 nitrogen and oxygen atoms in total. The van der Waals surface area contributed by atoms with Crippen molar-refractivity contribution in [3.05, 3.63) is 18.5 Å². The second-order valence-corrected chi connectivity index (χ2v) is 6.53. The van der Waals surface area contributed by atoms with Crippen molar-refractivity contribution in [2.45, 2.75) is 25.9 Å². The normalized spacial score (nSPS) is 13.0. The fourth-order valence-corrected chi connectivity index (χ4v) is 3.05. The second kappa shape index (κ2) is 4.32. The van der Waals surface area contributed by atoms with E-state index in [-0.39, 0.29) is 11.5 Å². The van der Waals surface area contributed by atoms with Crippen molar-refractivity contribution in [3.63, 3.8) is 0 Å². The maximum atomic E-state index is 11.6. The molecule has 86 valence electrons. The van der Waals surface area contributed by atoms with Gasteiger partial charge in [-0.15, -0.1) is 0 Å². The Bertz CT molecular complexity index is 389. The molecule has 6 heteroatoms. The summed E-state index contributed by atoms with van der Waals surface area (Å²) < 4.78 is 24.8. The highest BCUT2D eigenvalue weighted by molar-refractivity contribution is 7.91. The Balaban J connectivity index is 2.51. The van der Waals surface area contributed by atoms with Gasteiger partial charge in [-0.1, -0.05) is 0 Å². The highest BCUT2D eigenvalue weighted by atomic mass is 32.2.